The fourth-order valence-electron chi connectivity index (χ4n) is 3.54. The molecule has 0 saturated heterocycles. The lowest BCUT2D eigenvalue weighted by atomic mass is 10.1. The minimum atomic E-state index is -4.49. The van der Waals surface area contributed by atoms with E-state index in [1.165, 1.54) is 17.0 Å². The fourth-order valence-corrected chi connectivity index (χ4v) is 3.94. The SMILES string of the molecule is O=C1C(=Nc2cccc(C(F)(F)F)c2)c2ccccc2N1c1cccc(OCCCCBr)c1. The summed E-state index contributed by atoms with van der Waals surface area (Å²) in [6, 6.07) is 18.9. The molecular weight excluding hydrogens is 497 g/mol. The summed E-state index contributed by atoms with van der Waals surface area (Å²) in [5, 5.41) is 0.906. The van der Waals surface area contributed by atoms with E-state index in [0.29, 0.717) is 29.3 Å². The number of carbonyl (C=O) groups is 1. The van der Waals surface area contributed by atoms with Crippen molar-refractivity contribution in [2.45, 2.75) is 19.0 Å². The van der Waals surface area contributed by atoms with Gasteiger partial charge in [-0.05, 0) is 49.2 Å². The van der Waals surface area contributed by atoms with Crippen LogP contribution in [0.5, 0.6) is 5.75 Å². The van der Waals surface area contributed by atoms with Gasteiger partial charge in [0.25, 0.3) is 5.91 Å². The highest BCUT2D eigenvalue weighted by molar-refractivity contribution is 9.09. The molecule has 4 nitrogen and oxygen atoms in total. The van der Waals surface area contributed by atoms with Crippen molar-refractivity contribution < 1.29 is 22.7 Å². The zero-order valence-electron chi connectivity index (χ0n) is 17.5. The quantitative estimate of drug-likeness (QED) is 0.249. The Hall–Kier alpha value is -3.13. The number of anilines is 2. The van der Waals surface area contributed by atoms with Crippen LogP contribution in [0.25, 0.3) is 0 Å². The Balaban J connectivity index is 1.68. The number of fused-ring (bicyclic) bond motifs is 1. The lowest BCUT2D eigenvalue weighted by Gasteiger charge is -2.18. The number of benzene rings is 3. The van der Waals surface area contributed by atoms with Crippen molar-refractivity contribution in [2.75, 3.05) is 16.8 Å². The summed E-state index contributed by atoms with van der Waals surface area (Å²) in [5.41, 5.74) is 1.11. The summed E-state index contributed by atoms with van der Waals surface area (Å²) in [5.74, 6) is 0.223. The molecule has 1 aliphatic heterocycles. The van der Waals surface area contributed by atoms with Crippen LogP contribution in [0.2, 0.25) is 0 Å². The molecule has 0 fully saturated rings. The average Bonchev–Trinajstić information content (AvgIpc) is 3.08. The van der Waals surface area contributed by atoms with Crippen LogP contribution in [-0.2, 0) is 11.0 Å². The number of nitrogens with zero attached hydrogens (tertiary/aromatic N) is 2. The van der Waals surface area contributed by atoms with Crippen LogP contribution < -0.4 is 9.64 Å². The van der Waals surface area contributed by atoms with Gasteiger partial charge in [0.05, 0.1) is 29.2 Å². The zero-order valence-corrected chi connectivity index (χ0v) is 19.1. The van der Waals surface area contributed by atoms with E-state index < -0.39 is 17.6 Å². The van der Waals surface area contributed by atoms with Gasteiger partial charge in [-0.25, -0.2) is 4.99 Å². The lowest BCUT2D eigenvalue weighted by molar-refractivity contribution is -0.137. The fraction of sp³-hybridized carbons (Fsp3) is 0.200. The molecule has 0 bridgehead atoms. The summed E-state index contributed by atoms with van der Waals surface area (Å²) in [6.07, 6.45) is -2.60. The van der Waals surface area contributed by atoms with Gasteiger partial charge in [-0.3, -0.25) is 9.69 Å². The number of hydrogen-bond donors (Lipinski definition) is 0. The molecule has 33 heavy (non-hydrogen) atoms. The minimum absolute atomic E-state index is 0.0636. The highest BCUT2D eigenvalue weighted by Gasteiger charge is 2.35. The number of aliphatic imine (C=N–C) groups is 1. The number of para-hydroxylation sites is 1. The molecule has 4 rings (SSSR count). The molecule has 0 saturated carbocycles. The Labute approximate surface area is 197 Å². The van der Waals surface area contributed by atoms with Gasteiger partial charge >= 0.3 is 6.18 Å². The summed E-state index contributed by atoms with van der Waals surface area (Å²) in [4.78, 5) is 19.2. The second kappa shape index (κ2) is 9.79. The molecule has 8 heteroatoms. The third-order valence-corrected chi connectivity index (χ3v) is 5.65. The molecule has 0 radical (unpaired) electrons. The molecule has 0 aliphatic carbocycles. The molecule has 0 aromatic heterocycles. The Morgan fingerprint density at radius 1 is 0.939 bits per heavy atom. The summed E-state index contributed by atoms with van der Waals surface area (Å²) < 4.78 is 45.1. The van der Waals surface area contributed by atoms with Gasteiger partial charge in [0.1, 0.15) is 11.5 Å². The molecule has 0 unspecified atom stereocenters. The van der Waals surface area contributed by atoms with Gasteiger partial charge in [0, 0.05) is 17.0 Å². The molecule has 1 aliphatic rings. The van der Waals surface area contributed by atoms with E-state index in [-0.39, 0.29) is 11.4 Å². The summed E-state index contributed by atoms with van der Waals surface area (Å²) in [7, 11) is 0. The van der Waals surface area contributed by atoms with E-state index in [4.69, 9.17) is 4.74 Å². The second-order valence-corrected chi connectivity index (χ2v) is 8.20. The number of amides is 1. The van der Waals surface area contributed by atoms with Gasteiger partial charge in [-0.15, -0.1) is 0 Å². The van der Waals surface area contributed by atoms with Crippen molar-refractivity contribution >= 4 is 44.6 Å². The number of alkyl halides is 4. The lowest BCUT2D eigenvalue weighted by Crippen LogP contribution is -2.25. The highest BCUT2D eigenvalue weighted by Crippen LogP contribution is 2.38. The first-order valence-corrected chi connectivity index (χ1v) is 11.5. The van der Waals surface area contributed by atoms with Crippen molar-refractivity contribution in [2.24, 2.45) is 4.99 Å². The molecular formula is C25H20BrF3N2O2. The van der Waals surface area contributed by atoms with E-state index in [1.807, 2.05) is 6.07 Å². The molecule has 0 N–H and O–H groups in total. The van der Waals surface area contributed by atoms with Gasteiger partial charge in [0.15, 0.2) is 0 Å². The van der Waals surface area contributed by atoms with Crippen molar-refractivity contribution in [3.63, 3.8) is 0 Å². The van der Waals surface area contributed by atoms with Crippen LogP contribution in [0.4, 0.5) is 30.2 Å². The number of carbonyl (C=O) groups excluding carboxylic acids is 1. The maximum atomic E-state index is 13.4. The van der Waals surface area contributed by atoms with Crippen LogP contribution >= 0.6 is 15.9 Å². The number of hydrogen-bond acceptors (Lipinski definition) is 3. The van der Waals surface area contributed by atoms with Gasteiger partial charge < -0.3 is 4.74 Å². The van der Waals surface area contributed by atoms with Crippen LogP contribution in [0.15, 0.2) is 77.8 Å². The first kappa shape index (κ1) is 23.0. The molecule has 170 valence electrons. The number of unbranched alkanes of at least 4 members (excludes halogenated alkanes) is 1. The molecule has 1 amide bonds. The standard InChI is InChI=1S/C25H20BrF3N2O2/c26-13-3-4-14-33-20-10-6-9-19(16-20)31-22-12-2-1-11-21(22)23(24(31)32)30-18-8-5-7-17(15-18)25(27,28)29/h1-2,5-12,15-16H,3-4,13-14H2. The smallest absolute Gasteiger partial charge is 0.416 e. The van der Waals surface area contributed by atoms with Crippen molar-refractivity contribution in [3.05, 3.63) is 83.9 Å². The highest BCUT2D eigenvalue weighted by atomic mass is 79.9. The summed E-state index contributed by atoms with van der Waals surface area (Å²) >= 11 is 3.39. The van der Waals surface area contributed by atoms with Gasteiger partial charge in [-0.2, -0.15) is 13.2 Å². The third-order valence-electron chi connectivity index (χ3n) is 5.09. The van der Waals surface area contributed by atoms with E-state index >= 15 is 0 Å². The maximum Gasteiger partial charge on any atom is 0.416 e. The van der Waals surface area contributed by atoms with Gasteiger partial charge in [-0.1, -0.05) is 46.3 Å². The van der Waals surface area contributed by atoms with Crippen molar-refractivity contribution in [1.29, 1.82) is 0 Å². The van der Waals surface area contributed by atoms with Crippen LogP contribution in [-0.4, -0.2) is 23.6 Å². The second-order valence-electron chi connectivity index (χ2n) is 7.41. The van der Waals surface area contributed by atoms with Crippen LogP contribution in [0, 0.1) is 0 Å². The predicted molar refractivity (Wildman–Crippen MR) is 126 cm³/mol. The zero-order chi connectivity index (χ0) is 23.4. The van der Waals surface area contributed by atoms with Crippen molar-refractivity contribution in [1.82, 2.24) is 0 Å². The van der Waals surface area contributed by atoms with E-state index in [0.717, 1.165) is 30.3 Å². The van der Waals surface area contributed by atoms with E-state index in [9.17, 15) is 18.0 Å². The molecule has 0 atom stereocenters. The number of ether oxygens (including phenoxy) is 1. The average molecular weight is 517 g/mol. The third kappa shape index (κ3) is 5.11. The van der Waals surface area contributed by atoms with Crippen LogP contribution in [0.3, 0.4) is 0 Å². The van der Waals surface area contributed by atoms with Crippen LogP contribution in [0.1, 0.15) is 24.0 Å². The van der Waals surface area contributed by atoms with E-state index in [1.54, 1.807) is 42.5 Å². The van der Waals surface area contributed by atoms with Crippen molar-refractivity contribution in [3.8, 4) is 5.75 Å². The number of rotatable bonds is 7. The Bertz CT molecular complexity index is 1190. The Morgan fingerprint density at radius 3 is 2.52 bits per heavy atom. The molecule has 3 aromatic rings. The Kier molecular flexibility index (Phi) is 6.83. The topological polar surface area (TPSA) is 41.9 Å². The first-order valence-electron chi connectivity index (χ1n) is 10.4. The largest absolute Gasteiger partial charge is 0.494 e. The molecule has 0 spiro atoms. The first-order chi connectivity index (χ1) is 15.9. The summed E-state index contributed by atoms with van der Waals surface area (Å²) in [6.45, 7) is 0.557. The number of halogens is 4. The normalized spacial score (nSPS) is 14.6. The molecule has 3 aromatic carbocycles. The minimum Gasteiger partial charge on any atom is -0.494 e. The van der Waals surface area contributed by atoms with E-state index in [2.05, 4.69) is 20.9 Å². The molecule has 1 heterocycles. The van der Waals surface area contributed by atoms with Gasteiger partial charge in [0.2, 0.25) is 0 Å². The Morgan fingerprint density at radius 2 is 1.73 bits per heavy atom. The maximum absolute atomic E-state index is 13.4. The monoisotopic (exact) mass is 516 g/mol. The predicted octanol–water partition coefficient (Wildman–Crippen LogP) is 7.06.